The van der Waals surface area contributed by atoms with Gasteiger partial charge in [-0.25, -0.2) is 9.59 Å². The molecule has 0 bridgehead atoms. The van der Waals surface area contributed by atoms with Gasteiger partial charge in [-0.1, -0.05) is 6.58 Å². The Hall–Kier alpha value is -1.25. The molecule has 116 valence electrons. The third kappa shape index (κ3) is 11.8. The molecule has 0 aliphatic heterocycles. The van der Waals surface area contributed by atoms with E-state index in [1.165, 1.54) is 0 Å². The van der Waals surface area contributed by atoms with E-state index in [4.69, 9.17) is 18.8 Å². The SMILES string of the molecule is C=C(C)C(=O)OCCNC(=O)OCCOCCCSO. The Labute approximate surface area is 122 Å². The number of amides is 1. The summed E-state index contributed by atoms with van der Waals surface area (Å²) in [6, 6.07) is 0. The first kappa shape index (κ1) is 18.8. The van der Waals surface area contributed by atoms with Gasteiger partial charge in [-0.15, -0.1) is 0 Å². The van der Waals surface area contributed by atoms with Gasteiger partial charge in [0.05, 0.1) is 13.2 Å². The summed E-state index contributed by atoms with van der Waals surface area (Å²) < 4.78 is 23.2. The van der Waals surface area contributed by atoms with Crippen molar-refractivity contribution in [3.63, 3.8) is 0 Å². The van der Waals surface area contributed by atoms with Crippen LogP contribution in [0.1, 0.15) is 13.3 Å². The summed E-state index contributed by atoms with van der Waals surface area (Å²) in [7, 11) is 0. The number of alkyl carbamates (subject to hydrolysis) is 1. The van der Waals surface area contributed by atoms with Crippen LogP contribution in [-0.4, -0.2) is 55.3 Å². The summed E-state index contributed by atoms with van der Waals surface area (Å²) in [5.74, 6) is 0.124. The van der Waals surface area contributed by atoms with E-state index < -0.39 is 12.1 Å². The van der Waals surface area contributed by atoms with E-state index in [9.17, 15) is 9.59 Å². The fraction of sp³-hybridized carbons (Fsp3) is 0.667. The molecule has 20 heavy (non-hydrogen) atoms. The quantitative estimate of drug-likeness (QED) is 0.258. The number of hydrogen-bond donors (Lipinski definition) is 2. The molecule has 0 saturated carbocycles. The molecule has 0 aromatic carbocycles. The van der Waals surface area contributed by atoms with Gasteiger partial charge >= 0.3 is 12.1 Å². The van der Waals surface area contributed by atoms with Gasteiger partial charge in [-0.3, -0.25) is 0 Å². The molecule has 0 heterocycles. The van der Waals surface area contributed by atoms with E-state index in [-0.39, 0.29) is 19.8 Å². The van der Waals surface area contributed by atoms with Gasteiger partial charge < -0.3 is 24.1 Å². The van der Waals surface area contributed by atoms with Crippen LogP contribution in [0, 0.1) is 0 Å². The van der Waals surface area contributed by atoms with Crippen molar-refractivity contribution in [3.8, 4) is 0 Å². The van der Waals surface area contributed by atoms with E-state index in [0.717, 1.165) is 18.5 Å². The maximum absolute atomic E-state index is 11.2. The van der Waals surface area contributed by atoms with E-state index in [1.807, 2.05) is 0 Å². The molecule has 0 rings (SSSR count). The second-order valence-corrected chi connectivity index (χ2v) is 4.44. The molecule has 0 radical (unpaired) electrons. The third-order valence-corrected chi connectivity index (χ3v) is 2.41. The number of carbonyl (C=O) groups is 2. The number of esters is 1. The summed E-state index contributed by atoms with van der Waals surface area (Å²) in [5.41, 5.74) is 0.310. The van der Waals surface area contributed by atoms with Crippen molar-refractivity contribution in [2.45, 2.75) is 13.3 Å². The summed E-state index contributed by atoms with van der Waals surface area (Å²) in [5, 5.41) is 2.43. The highest BCUT2D eigenvalue weighted by Gasteiger charge is 2.04. The molecule has 0 aromatic heterocycles. The maximum Gasteiger partial charge on any atom is 0.407 e. The van der Waals surface area contributed by atoms with Crippen LogP contribution in [0.2, 0.25) is 0 Å². The second-order valence-electron chi connectivity index (χ2n) is 3.78. The third-order valence-electron chi connectivity index (χ3n) is 1.94. The van der Waals surface area contributed by atoms with Gasteiger partial charge in [0, 0.05) is 17.9 Å². The van der Waals surface area contributed by atoms with Gasteiger partial charge in [0.1, 0.15) is 13.2 Å². The van der Waals surface area contributed by atoms with Crippen LogP contribution in [-0.2, 0) is 19.0 Å². The van der Waals surface area contributed by atoms with Crippen molar-refractivity contribution >= 4 is 24.1 Å². The first-order valence-corrected chi connectivity index (χ1v) is 7.09. The Kier molecular flexibility index (Phi) is 12.0. The highest BCUT2D eigenvalue weighted by Crippen LogP contribution is 1.94. The summed E-state index contributed by atoms with van der Waals surface area (Å²) >= 11 is 0.769. The largest absolute Gasteiger partial charge is 0.460 e. The zero-order valence-corrected chi connectivity index (χ0v) is 12.4. The highest BCUT2D eigenvalue weighted by atomic mass is 32.2. The van der Waals surface area contributed by atoms with Crippen LogP contribution >= 0.6 is 12.0 Å². The monoisotopic (exact) mass is 307 g/mol. The molecule has 0 aliphatic carbocycles. The topological polar surface area (TPSA) is 94.1 Å². The van der Waals surface area contributed by atoms with Crippen molar-refractivity contribution in [3.05, 3.63) is 12.2 Å². The average molecular weight is 307 g/mol. The molecule has 0 fully saturated rings. The van der Waals surface area contributed by atoms with Gasteiger partial charge in [-0.05, 0) is 25.4 Å². The number of ether oxygens (including phenoxy) is 3. The number of nitrogens with one attached hydrogen (secondary N) is 1. The smallest absolute Gasteiger partial charge is 0.407 e. The van der Waals surface area contributed by atoms with Crippen molar-refractivity contribution in [2.75, 3.05) is 38.7 Å². The molecular formula is C12H21NO6S. The van der Waals surface area contributed by atoms with Crippen LogP contribution in [0.5, 0.6) is 0 Å². The molecule has 1 amide bonds. The first-order chi connectivity index (χ1) is 9.57. The Morgan fingerprint density at radius 1 is 1.20 bits per heavy atom. The minimum atomic E-state index is -0.592. The second kappa shape index (κ2) is 12.8. The Morgan fingerprint density at radius 3 is 2.60 bits per heavy atom. The first-order valence-electron chi connectivity index (χ1n) is 6.15. The lowest BCUT2D eigenvalue weighted by atomic mass is 10.4. The number of carbonyl (C=O) groups excluding carboxylic acids is 2. The van der Waals surface area contributed by atoms with Crippen molar-refractivity contribution in [1.82, 2.24) is 5.32 Å². The molecule has 0 atom stereocenters. The van der Waals surface area contributed by atoms with Crippen LogP contribution in [0.3, 0.4) is 0 Å². The highest BCUT2D eigenvalue weighted by molar-refractivity contribution is 7.93. The van der Waals surface area contributed by atoms with Gasteiger partial charge in [0.25, 0.3) is 0 Å². The predicted molar refractivity (Wildman–Crippen MR) is 75.6 cm³/mol. The fourth-order valence-corrected chi connectivity index (χ4v) is 1.24. The van der Waals surface area contributed by atoms with E-state index >= 15 is 0 Å². The molecule has 0 saturated heterocycles. The van der Waals surface area contributed by atoms with Crippen molar-refractivity contribution < 1.29 is 28.4 Å². The lowest BCUT2D eigenvalue weighted by Crippen LogP contribution is -2.29. The molecule has 7 nitrogen and oxygen atoms in total. The molecular weight excluding hydrogens is 286 g/mol. The van der Waals surface area contributed by atoms with E-state index in [0.29, 0.717) is 24.5 Å². The summed E-state index contributed by atoms with van der Waals surface area (Å²) in [6.07, 6.45) is 0.146. The summed E-state index contributed by atoms with van der Waals surface area (Å²) in [4.78, 5) is 22.2. The molecule has 0 aliphatic rings. The minimum absolute atomic E-state index is 0.0656. The molecule has 0 aromatic rings. The molecule has 2 N–H and O–H groups in total. The van der Waals surface area contributed by atoms with Crippen molar-refractivity contribution in [2.24, 2.45) is 0 Å². The fourth-order valence-electron chi connectivity index (χ4n) is 0.992. The molecule has 0 unspecified atom stereocenters. The molecule has 0 spiro atoms. The van der Waals surface area contributed by atoms with Crippen molar-refractivity contribution in [1.29, 1.82) is 0 Å². The lowest BCUT2D eigenvalue weighted by Gasteiger charge is -2.08. The van der Waals surface area contributed by atoms with Crippen LogP contribution in [0.15, 0.2) is 12.2 Å². The maximum atomic E-state index is 11.2. The zero-order chi connectivity index (χ0) is 15.2. The van der Waals surface area contributed by atoms with Crippen LogP contribution in [0.4, 0.5) is 4.79 Å². The average Bonchev–Trinajstić information content (AvgIpc) is 2.42. The van der Waals surface area contributed by atoms with Crippen LogP contribution < -0.4 is 5.32 Å². The van der Waals surface area contributed by atoms with Gasteiger partial charge in [-0.2, -0.15) is 0 Å². The predicted octanol–water partition coefficient (Wildman–Crippen LogP) is 1.44. The van der Waals surface area contributed by atoms with Gasteiger partial charge in [0.2, 0.25) is 0 Å². The standard InChI is InChI=1S/C12H21NO6S/c1-10(2)11(14)18-6-4-13-12(15)19-8-7-17-5-3-9-20-16/h16H,1,3-9H2,2H3,(H,13,15). The lowest BCUT2D eigenvalue weighted by molar-refractivity contribution is -0.138. The minimum Gasteiger partial charge on any atom is -0.460 e. The normalized spacial score (nSPS) is 9.90. The van der Waals surface area contributed by atoms with E-state index in [1.54, 1.807) is 6.92 Å². The van der Waals surface area contributed by atoms with Gasteiger partial charge in [0.15, 0.2) is 0 Å². The Balaban J connectivity index is 3.33. The number of rotatable bonds is 11. The Bertz CT molecular complexity index is 310. The molecule has 8 heteroatoms. The number of hydrogen-bond acceptors (Lipinski definition) is 7. The summed E-state index contributed by atoms with van der Waals surface area (Å²) in [6.45, 7) is 6.16. The zero-order valence-electron chi connectivity index (χ0n) is 11.6. The Morgan fingerprint density at radius 2 is 1.95 bits per heavy atom. The van der Waals surface area contributed by atoms with Crippen LogP contribution in [0.25, 0.3) is 0 Å². The van der Waals surface area contributed by atoms with E-state index in [2.05, 4.69) is 11.9 Å².